The predicted octanol–water partition coefficient (Wildman–Crippen LogP) is 2.87. The van der Waals surface area contributed by atoms with Gasteiger partial charge in [-0.1, -0.05) is 6.07 Å². The summed E-state index contributed by atoms with van der Waals surface area (Å²) in [6.45, 7) is 0. The van der Waals surface area contributed by atoms with Gasteiger partial charge < -0.3 is 15.2 Å². The fraction of sp³-hybridized carbons (Fsp3) is 0.111. The van der Waals surface area contributed by atoms with E-state index in [-0.39, 0.29) is 16.2 Å². The van der Waals surface area contributed by atoms with E-state index < -0.39 is 15.8 Å². The van der Waals surface area contributed by atoms with Crippen molar-refractivity contribution in [3.63, 3.8) is 0 Å². The van der Waals surface area contributed by atoms with Crippen LogP contribution in [0.1, 0.15) is 10.4 Å². The van der Waals surface area contributed by atoms with Gasteiger partial charge in [0.1, 0.15) is 17.1 Å². The summed E-state index contributed by atoms with van der Waals surface area (Å²) in [5.74, 6) is -0.388. The van der Waals surface area contributed by atoms with E-state index in [2.05, 4.69) is 15.0 Å². The number of anilines is 2. The molecule has 0 radical (unpaired) electrons. The molecular formula is C18H16N2O5S. The molecule has 2 N–H and O–H groups in total. The number of aromatic nitrogens is 1. The Labute approximate surface area is 150 Å². The minimum absolute atomic E-state index is 0.0645. The number of hydrogen-bond acceptors (Lipinski definition) is 7. The lowest BCUT2D eigenvalue weighted by molar-refractivity contribution is 0.0598. The minimum atomic E-state index is -3.26. The van der Waals surface area contributed by atoms with Crippen LogP contribution in [-0.4, -0.2) is 37.8 Å². The van der Waals surface area contributed by atoms with Crippen molar-refractivity contribution in [3.05, 3.63) is 54.2 Å². The zero-order valence-corrected chi connectivity index (χ0v) is 14.9. The van der Waals surface area contributed by atoms with Crippen molar-refractivity contribution < 1.29 is 23.1 Å². The molecule has 7 nitrogen and oxygen atoms in total. The maximum absolute atomic E-state index is 11.7. The number of rotatable bonds is 4. The van der Waals surface area contributed by atoms with Crippen LogP contribution in [-0.2, 0) is 14.6 Å². The van der Waals surface area contributed by atoms with Gasteiger partial charge in [-0.2, -0.15) is 0 Å². The SMILES string of the molecule is COC(=O)c1ccc2cnc(Nc3ccc(S(C)(=O)=O)cc3)cc2c1O. The van der Waals surface area contributed by atoms with Crippen molar-refractivity contribution in [2.75, 3.05) is 18.7 Å². The van der Waals surface area contributed by atoms with Gasteiger partial charge in [0.2, 0.25) is 0 Å². The smallest absolute Gasteiger partial charge is 0.341 e. The van der Waals surface area contributed by atoms with E-state index in [0.29, 0.717) is 22.3 Å². The van der Waals surface area contributed by atoms with Crippen LogP contribution in [0.5, 0.6) is 5.75 Å². The summed E-state index contributed by atoms with van der Waals surface area (Å²) in [6, 6.07) is 11.0. The molecule has 0 unspecified atom stereocenters. The summed E-state index contributed by atoms with van der Waals surface area (Å²) in [5, 5.41) is 14.5. The number of carbonyl (C=O) groups is 1. The van der Waals surface area contributed by atoms with Gasteiger partial charge in [-0.15, -0.1) is 0 Å². The number of carbonyl (C=O) groups excluding carboxylic acids is 1. The predicted molar refractivity (Wildman–Crippen MR) is 97.6 cm³/mol. The third-order valence-electron chi connectivity index (χ3n) is 3.83. The molecule has 3 rings (SSSR count). The topological polar surface area (TPSA) is 106 Å². The lowest BCUT2D eigenvalue weighted by Crippen LogP contribution is -2.02. The monoisotopic (exact) mass is 372 g/mol. The van der Waals surface area contributed by atoms with E-state index in [4.69, 9.17) is 0 Å². The van der Waals surface area contributed by atoms with Gasteiger partial charge in [0.05, 0.1) is 12.0 Å². The fourth-order valence-corrected chi connectivity index (χ4v) is 3.11. The molecule has 0 saturated heterocycles. The molecule has 2 aromatic carbocycles. The summed E-state index contributed by atoms with van der Waals surface area (Å²) in [5.41, 5.74) is 0.697. The van der Waals surface area contributed by atoms with E-state index in [0.717, 1.165) is 6.26 Å². The molecule has 0 saturated carbocycles. The lowest BCUT2D eigenvalue weighted by atomic mass is 10.1. The second-order valence-corrected chi connectivity index (χ2v) is 7.68. The Morgan fingerprint density at radius 1 is 1.15 bits per heavy atom. The van der Waals surface area contributed by atoms with Crippen molar-refractivity contribution in [1.29, 1.82) is 0 Å². The number of hydrogen-bond donors (Lipinski definition) is 2. The van der Waals surface area contributed by atoms with Crippen LogP contribution in [0, 0.1) is 0 Å². The van der Waals surface area contributed by atoms with E-state index in [1.165, 1.54) is 25.3 Å². The molecule has 0 aliphatic carbocycles. The lowest BCUT2D eigenvalue weighted by Gasteiger charge is -2.10. The molecule has 134 valence electrons. The quantitative estimate of drug-likeness (QED) is 0.678. The molecule has 0 aliphatic heterocycles. The molecule has 0 fully saturated rings. The van der Waals surface area contributed by atoms with Crippen LogP contribution in [0.25, 0.3) is 10.8 Å². The van der Waals surface area contributed by atoms with Gasteiger partial charge in [-0.25, -0.2) is 18.2 Å². The highest BCUT2D eigenvalue weighted by Crippen LogP contribution is 2.31. The van der Waals surface area contributed by atoms with Gasteiger partial charge >= 0.3 is 5.97 Å². The van der Waals surface area contributed by atoms with Crippen molar-refractivity contribution >= 4 is 38.1 Å². The molecule has 8 heteroatoms. The molecule has 0 amide bonds. The number of pyridine rings is 1. The average molecular weight is 372 g/mol. The first-order valence-electron chi connectivity index (χ1n) is 7.57. The molecule has 3 aromatic rings. The van der Waals surface area contributed by atoms with Gasteiger partial charge in [-0.05, 0) is 36.4 Å². The molecule has 0 atom stereocenters. The third-order valence-corrected chi connectivity index (χ3v) is 4.96. The Kier molecular flexibility index (Phi) is 4.52. The molecule has 1 aromatic heterocycles. The fourth-order valence-electron chi connectivity index (χ4n) is 2.48. The van der Waals surface area contributed by atoms with Crippen LogP contribution < -0.4 is 5.32 Å². The Morgan fingerprint density at radius 2 is 1.85 bits per heavy atom. The largest absolute Gasteiger partial charge is 0.506 e. The van der Waals surface area contributed by atoms with Crippen molar-refractivity contribution in [1.82, 2.24) is 4.98 Å². The van der Waals surface area contributed by atoms with E-state index in [1.807, 2.05) is 0 Å². The summed E-state index contributed by atoms with van der Waals surface area (Å²) in [7, 11) is -2.02. The number of aromatic hydroxyl groups is 1. The van der Waals surface area contributed by atoms with Crippen LogP contribution in [0.3, 0.4) is 0 Å². The zero-order valence-electron chi connectivity index (χ0n) is 14.1. The Hall–Kier alpha value is -3.13. The third kappa shape index (κ3) is 3.45. The summed E-state index contributed by atoms with van der Waals surface area (Å²) in [6.07, 6.45) is 2.70. The molecule has 26 heavy (non-hydrogen) atoms. The number of sulfone groups is 1. The summed E-state index contributed by atoms with van der Waals surface area (Å²) < 4.78 is 27.7. The first-order valence-corrected chi connectivity index (χ1v) is 9.46. The van der Waals surface area contributed by atoms with Crippen molar-refractivity contribution in [2.45, 2.75) is 4.90 Å². The number of ether oxygens (including phenoxy) is 1. The molecule has 1 heterocycles. The van der Waals surface area contributed by atoms with Gasteiger partial charge in [0.15, 0.2) is 9.84 Å². The maximum atomic E-state index is 11.7. The highest BCUT2D eigenvalue weighted by atomic mass is 32.2. The highest BCUT2D eigenvalue weighted by Gasteiger charge is 2.15. The number of phenols is 1. The number of nitrogens with zero attached hydrogens (tertiary/aromatic N) is 1. The molecule has 0 aliphatic rings. The van der Waals surface area contributed by atoms with Gasteiger partial charge in [0, 0.05) is 28.9 Å². The second-order valence-electron chi connectivity index (χ2n) is 5.67. The van der Waals surface area contributed by atoms with Gasteiger partial charge in [-0.3, -0.25) is 0 Å². The van der Waals surface area contributed by atoms with E-state index in [1.54, 1.807) is 30.5 Å². The van der Waals surface area contributed by atoms with E-state index >= 15 is 0 Å². The Balaban J connectivity index is 1.96. The van der Waals surface area contributed by atoms with Crippen LogP contribution >= 0.6 is 0 Å². The number of fused-ring (bicyclic) bond motifs is 1. The van der Waals surface area contributed by atoms with Crippen LogP contribution in [0.4, 0.5) is 11.5 Å². The normalized spacial score (nSPS) is 11.3. The number of phenolic OH excluding ortho intramolecular Hbond substituents is 1. The first kappa shape index (κ1) is 17.7. The number of nitrogens with one attached hydrogen (secondary N) is 1. The number of methoxy groups -OCH3 is 1. The summed E-state index contributed by atoms with van der Waals surface area (Å²) in [4.78, 5) is 16.2. The van der Waals surface area contributed by atoms with Crippen LogP contribution in [0.2, 0.25) is 0 Å². The Bertz CT molecular complexity index is 1090. The molecule has 0 bridgehead atoms. The zero-order chi connectivity index (χ0) is 18.9. The van der Waals surface area contributed by atoms with Crippen LogP contribution in [0.15, 0.2) is 53.6 Å². The Morgan fingerprint density at radius 3 is 2.46 bits per heavy atom. The minimum Gasteiger partial charge on any atom is -0.506 e. The molecular weight excluding hydrogens is 356 g/mol. The number of esters is 1. The van der Waals surface area contributed by atoms with Crippen molar-refractivity contribution in [2.24, 2.45) is 0 Å². The maximum Gasteiger partial charge on any atom is 0.341 e. The standard InChI is InChI=1S/C18H16N2O5S/c1-25-18(22)14-8-3-11-10-19-16(9-15(11)17(14)21)20-12-4-6-13(7-5-12)26(2,23)24/h3-10,21H,1-2H3,(H,19,20). The van der Waals surface area contributed by atoms with E-state index in [9.17, 15) is 18.3 Å². The highest BCUT2D eigenvalue weighted by molar-refractivity contribution is 7.90. The average Bonchev–Trinajstić information content (AvgIpc) is 2.61. The van der Waals surface area contributed by atoms with Gasteiger partial charge in [0.25, 0.3) is 0 Å². The second kappa shape index (κ2) is 6.64. The van der Waals surface area contributed by atoms with Crippen molar-refractivity contribution in [3.8, 4) is 5.75 Å². The summed E-state index contributed by atoms with van der Waals surface area (Å²) >= 11 is 0. The first-order chi connectivity index (χ1) is 12.3. The molecule has 0 spiro atoms. The number of benzene rings is 2.